The Bertz CT molecular complexity index is 1150. The average molecular weight is 400 g/mol. The first-order chi connectivity index (χ1) is 12.9. The Morgan fingerprint density at radius 3 is 2.44 bits per heavy atom. The van der Waals surface area contributed by atoms with Gasteiger partial charge in [-0.15, -0.1) is 0 Å². The fourth-order valence-electron chi connectivity index (χ4n) is 3.08. The van der Waals surface area contributed by atoms with Crippen LogP contribution in [-0.4, -0.2) is 34.2 Å². The third-order valence-electron chi connectivity index (χ3n) is 4.53. The minimum absolute atomic E-state index is 0.136. The highest BCUT2D eigenvalue weighted by atomic mass is 32.2. The van der Waals surface area contributed by atoms with Crippen molar-refractivity contribution in [1.82, 2.24) is 8.87 Å². The maximum Gasteiger partial charge on any atom is 0.289 e. The van der Waals surface area contributed by atoms with Gasteiger partial charge in [-0.05, 0) is 36.8 Å². The van der Waals surface area contributed by atoms with E-state index >= 15 is 0 Å². The van der Waals surface area contributed by atoms with Gasteiger partial charge in [0.2, 0.25) is 5.91 Å². The molecule has 2 heterocycles. The molecular weight excluding hydrogens is 384 g/mol. The maximum absolute atomic E-state index is 13.0. The highest BCUT2D eigenvalue weighted by molar-refractivity contribution is 8.14. The fourth-order valence-corrected chi connectivity index (χ4v) is 5.15. The van der Waals surface area contributed by atoms with Gasteiger partial charge in [0.25, 0.3) is 15.3 Å². The number of thioether (sulfide) groups is 1. The van der Waals surface area contributed by atoms with Gasteiger partial charge in [-0.2, -0.15) is 0 Å². The normalized spacial score (nSPS) is 15.1. The van der Waals surface area contributed by atoms with Crippen molar-refractivity contribution in [2.24, 2.45) is 0 Å². The first-order valence-corrected chi connectivity index (χ1v) is 10.7. The zero-order valence-corrected chi connectivity index (χ0v) is 16.1. The van der Waals surface area contributed by atoms with Gasteiger partial charge in [0.1, 0.15) is 0 Å². The van der Waals surface area contributed by atoms with E-state index in [1.807, 2.05) is 6.92 Å². The molecule has 1 saturated heterocycles. The lowest BCUT2D eigenvalue weighted by molar-refractivity contribution is -0.125. The van der Waals surface area contributed by atoms with Crippen LogP contribution in [0.15, 0.2) is 59.6 Å². The first-order valence-electron chi connectivity index (χ1n) is 8.26. The lowest BCUT2D eigenvalue weighted by atomic mass is 10.1. The maximum atomic E-state index is 13.0. The lowest BCUT2D eigenvalue weighted by Gasteiger charge is -2.14. The predicted molar refractivity (Wildman–Crippen MR) is 104 cm³/mol. The Morgan fingerprint density at radius 1 is 1.04 bits per heavy atom. The van der Waals surface area contributed by atoms with Crippen molar-refractivity contribution in [2.75, 3.05) is 5.75 Å². The molecule has 1 fully saturated rings. The Labute approximate surface area is 160 Å². The molecule has 0 unspecified atom stereocenters. The van der Waals surface area contributed by atoms with Gasteiger partial charge in [-0.1, -0.05) is 41.6 Å². The van der Waals surface area contributed by atoms with Crippen LogP contribution in [0.1, 0.15) is 11.1 Å². The van der Waals surface area contributed by atoms with Crippen molar-refractivity contribution in [3.05, 3.63) is 65.9 Å². The largest absolute Gasteiger partial charge is 0.289 e. The Hall–Kier alpha value is -2.58. The van der Waals surface area contributed by atoms with E-state index in [4.69, 9.17) is 0 Å². The summed E-state index contributed by atoms with van der Waals surface area (Å²) in [5, 5.41) is 0.425. The van der Waals surface area contributed by atoms with E-state index in [0.29, 0.717) is 10.9 Å². The van der Waals surface area contributed by atoms with E-state index < -0.39 is 10.0 Å². The molecule has 27 heavy (non-hydrogen) atoms. The summed E-state index contributed by atoms with van der Waals surface area (Å²) in [5.74, 6) is -0.0776. The topological polar surface area (TPSA) is 76.5 Å². The lowest BCUT2D eigenvalue weighted by Crippen LogP contribution is -2.27. The van der Waals surface area contributed by atoms with E-state index in [1.54, 1.807) is 48.5 Å². The van der Waals surface area contributed by atoms with Crippen molar-refractivity contribution < 1.29 is 18.0 Å². The molecule has 0 bridgehead atoms. The number of aromatic nitrogens is 1. The molecule has 0 spiro atoms. The van der Waals surface area contributed by atoms with Crippen molar-refractivity contribution in [1.29, 1.82) is 0 Å². The molecule has 4 rings (SSSR count). The summed E-state index contributed by atoms with van der Waals surface area (Å²) >= 11 is 0.982. The van der Waals surface area contributed by atoms with Crippen molar-refractivity contribution in [3.63, 3.8) is 0 Å². The molecule has 0 radical (unpaired) electrons. The number of fused-ring (bicyclic) bond motifs is 1. The van der Waals surface area contributed by atoms with Crippen molar-refractivity contribution in [3.8, 4) is 0 Å². The molecule has 1 aliphatic heterocycles. The highest BCUT2D eigenvalue weighted by Gasteiger charge is 2.30. The summed E-state index contributed by atoms with van der Waals surface area (Å²) < 4.78 is 27.3. The number of benzene rings is 2. The van der Waals surface area contributed by atoms with E-state index in [2.05, 4.69) is 0 Å². The van der Waals surface area contributed by atoms with Crippen molar-refractivity contribution in [2.45, 2.75) is 18.4 Å². The third kappa shape index (κ3) is 3.04. The summed E-state index contributed by atoms with van der Waals surface area (Å²) in [6, 6.07) is 13.6. The van der Waals surface area contributed by atoms with Crippen molar-refractivity contribution >= 4 is 43.8 Å². The summed E-state index contributed by atoms with van der Waals surface area (Å²) in [6.45, 7) is 2.03. The van der Waals surface area contributed by atoms with Crippen LogP contribution in [0.5, 0.6) is 0 Å². The minimum Gasteiger partial charge on any atom is -0.273 e. The summed E-state index contributed by atoms with van der Waals surface area (Å²) in [6.07, 6.45) is 1.51. The second kappa shape index (κ2) is 6.54. The molecule has 2 aromatic carbocycles. The number of carbonyl (C=O) groups is 2. The SMILES string of the molecule is Cc1ccc(S(=O)(=O)n2ccc3c(CN4C(=O)CSC4=O)cccc32)cc1. The number of carbonyl (C=O) groups excluding carboxylic acids is 2. The average Bonchev–Trinajstić information content (AvgIpc) is 3.22. The summed E-state index contributed by atoms with van der Waals surface area (Å²) in [5.41, 5.74) is 2.22. The second-order valence-electron chi connectivity index (χ2n) is 6.31. The Kier molecular flexibility index (Phi) is 4.32. The first kappa shape index (κ1) is 17.8. The van der Waals surface area contributed by atoms with Crippen LogP contribution in [-0.2, 0) is 21.4 Å². The number of imide groups is 1. The van der Waals surface area contributed by atoms with Gasteiger partial charge >= 0.3 is 0 Å². The van der Waals surface area contributed by atoms with Crippen LogP contribution in [0.4, 0.5) is 4.79 Å². The van der Waals surface area contributed by atoms with Gasteiger partial charge in [0.05, 0.1) is 22.7 Å². The number of nitrogens with zero attached hydrogens (tertiary/aromatic N) is 2. The smallest absolute Gasteiger partial charge is 0.273 e. The van der Waals surface area contributed by atoms with Gasteiger partial charge in [0.15, 0.2) is 0 Å². The van der Waals surface area contributed by atoms with E-state index in [9.17, 15) is 18.0 Å². The molecule has 0 N–H and O–H groups in total. The summed E-state index contributed by atoms with van der Waals surface area (Å²) in [7, 11) is -3.74. The van der Waals surface area contributed by atoms with Gasteiger partial charge < -0.3 is 0 Å². The molecule has 0 saturated carbocycles. The van der Waals surface area contributed by atoms with E-state index in [1.165, 1.54) is 15.1 Å². The Balaban J connectivity index is 1.77. The van der Waals surface area contributed by atoms with Crippen LogP contribution in [0.25, 0.3) is 10.9 Å². The van der Waals surface area contributed by atoms with Crippen LogP contribution < -0.4 is 0 Å². The molecule has 0 atom stereocenters. The molecule has 8 heteroatoms. The molecule has 1 aliphatic rings. The minimum atomic E-state index is -3.74. The predicted octanol–water partition coefficient (Wildman–Crippen LogP) is 3.38. The number of rotatable bonds is 4. The van der Waals surface area contributed by atoms with Gasteiger partial charge in [0, 0.05) is 11.6 Å². The number of amides is 2. The molecule has 138 valence electrons. The molecule has 1 aromatic heterocycles. The standard InChI is InChI=1S/C19H16N2O4S2/c1-13-5-7-15(8-6-13)27(24,25)21-10-9-16-14(3-2-4-17(16)21)11-20-18(22)12-26-19(20)23/h2-10H,11-12H2,1H3. The fraction of sp³-hybridized carbons (Fsp3) is 0.158. The van der Waals surface area contributed by atoms with E-state index in [-0.39, 0.29) is 28.3 Å². The molecular formula is C19H16N2O4S2. The highest BCUT2D eigenvalue weighted by Crippen LogP contribution is 2.28. The van der Waals surface area contributed by atoms with E-state index in [0.717, 1.165) is 22.9 Å². The monoisotopic (exact) mass is 400 g/mol. The molecule has 0 aliphatic carbocycles. The van der Waals surface area contributed by atoms with Crippen LogP contribution in [0.2, 0.25) is 0 Å². The molecule has 2 amide bonds. The van der Waals surface area contributed by atoms with Crippen LogP contribution in [0, 0.1) is 6.92 Å². The number of aryl methyl sites for hydroxylation is 1. The quantitative estimate of drug-likeness (QED) is 0.671. The zero-order chi connectivity index (χ0) is 19.2. The Morgan fingerprint density at radius 2 is 1.78 bits per heavy atom. The summed E-state index contributed by atoms with van der Waals surface area (Å²) in [4.78, 5) is 25.2. The van der Waals surface area contributed by atoms with Crippen LogP contribution >= 0.6 is 11.8 Å². The number of hydrogen-bond acceptors (Lipinski definition) is 5. The zero-order valence-electron chi connectivity index (χ0n) is 14.5. The molecule has 3 aromatic rings. The second-order valence-corrected chi connectivity index (χ2v) is 9.06. The molecule has 6 nitrogen and oxygen atoms in total. The number of hydrogen-bond donors (Lipinski definition) is 0. The van der Waals surface area contributed by atoms with Gasteiger partial charge in [-0.25, -0.2) is 12.4 Å². The third-order valence-corrected chi connectivity index (χ3v) is 7.10. The van der Waals surface area contributed by atoms with Crippen LogP contribution in [0.3, 0.4) is 0 Å². The van der Waals surface area contributed by atoms with Gasteiger partial charge in [-0.3, -0.25) is 14.5 Å².